The second kappa shape index (κ2) is 7.99. The van der Waals surface area contributed by atoms with E-state index < -0.39 is 0 Å². The van der Waals surface area contributed by atoms with Gasteiger partial charge in [0.1, 0.15) is 5.75 Å². The average Bonchev–Trinajstić information content (AvgIpc) is 3.13. The summed E-state index contributed by atoms with van der Waals surface area (Å²) in [7, 11) is 4.61. The van der Waals surface area contributed by atoms with Gasteiger partial charge in [-0.15, -0.1) is 0 Å². The molecular formula is C20H22N2O5. The molecule has 1 saturated heterocycles. The average molecular weight is 370 g/mol. The van der Waals surface area contributed by atoms with Gasteiger partial charge in [0.2, 0.25) is 5.91 Å². The largest absolute Gasteiger partial charge is 0.495 e. The Morgan fingerprint density at radius 2 is 1.67 bits per heavy atom. The Bertz CT molecular complexity index is 865. The molecule has 27 heavy (non-hydrogen) atoms. The van der Waals surface area contributed by atoms with Crippen LogP contribution in [0.1, 0.15) is 23.2 Å². The summed E-state index contributed by atoms with van der Waals surface area (Å²) in [6.07, 6.45) is 1.33. The van der Waals surface area contributed by atoms with Crippen LogP contribution in [0.5, 0.6) is 17.2 Å². The molecule has 1 fully saturated rings. The van der Waals surface area contributed by atoms with Gasteiger partial charge >= 0.3 is 0 Å². The molecule has 0 spiro atoms. The van der Waals surface area contributed by atoms with Crippen molar-refractivity contribution >= 4 is 23.2 Å². The molecule has 7 nitrogen and oxygen atoms in total. The number of anilines is 2. The summed E-state index contributed by atoms with van der Waals surface area (Å²) in [6.45, 7) is 0.641. The number of hydrogen-bond donors (Lipinski definition) is 1. The number of nitrogens with zero attached hydrogens (tertiary/aromatic N) is 1. The first-order valence-electron chi connectivity index (χ1n) is 8.59. The van der Waals surface area contributed by atoms with Gasteiger partial charge in [0.15, 0.2) is 11.5 Å². The predicted octanol–water partition coefficient (Wildman–Crippen LogP) is 3.09. The van der Waals surface area contributed by atoms with Crippen LogP contribution in [0.15, 0.2) is 36.4 Å². The van der Waals surface area contributed by atoms with Crippen LogP contribution in [0.2, 0.25) is 0 Å². The minimum atomic E-state index is -0.292. The van der Waals surface area contributed by atoms with E-state index in [-0.39, 0.29) is 11.8 Å². The van der Waals surface area contributed by atoms with Crippen molar-refractivity contribution in [3.63, 3.8) is 0 Å². The minimum absolute atomic E-state index is 0.0525. The van der Waals surface area contributed by atoms with Gasteiger partial charge < -0.3 is 24.4 Å². The summed E-state index contributed by atoms with van der Waals surface area (Å²) in [4.78, 5) is 26.4. The van der Waals surface area contributed by atoms with Gasteiger partial charge in [-0.3, -0.25) is 9.59 Å². The Labute approximate surface area is 157 Å². The van der Waals surface area contributed by atoms with Crippen molar-refractivity contribution in [2.75, 3.05) is 38.1 Å². The number of rotatable bonds is 6. The SMILES string of the molecule is COc1ccc(C(=O)Nc2ccc(OC)c(N3CCCC3=O)c2)cc1OC. The third-order valence-corrected chi connectivity index (χ3v) is 4.45. The van der Waals surface area contributed by atoms with Crippen LogP contribution >= 0.6 is 0 Å². The van der Waals surface area contributed by atoms with Gasteiger partial charge in [-0.05, 0) is 42.8 Å². The number of methoxy groups -OCH3 is 3. The van der Waals surface area contributed by atoms with Gasteiger partial charge in [-0.1, -0.05) is 0 Å². The molecule has 0 aliphatic carbocycles. The zero-order valence-electron chi connectivity index (χ0n) is 15.6. The Hall–Kier alpha value is -3.22. The van der Waals surface area contributed by atoms with Crippen LogP contribution in [0.25, 0.3) is 0 Å². The van der Waals surface area contributed by atoms with Crippen LogP contribution in [0.3, 0.4) is 0 Å². The molecule has 0 radical (unpaired) electrons. The maximum atomic E-state index is 12.6. The molecule has 1 heterocycles. The second-order valence-electron chi connectivity index (χ2n) is 6.06. The highest BCUT2D eigenvalue weighted by Gasteiger charge is 2.25. The van der Waals surface area contributed by atoms with E-state index in [1.54, 1.807) is 48.4 Å². The molecule has 1 aliphatic rings. The summed E-state index contributed by atoms with van der Waals surface area (Å²) in [5.74, 6) is 1.38. The number of carbonyl (C=O) groups excluding carboxylic acids is 2. The lowest BCUT2D eigenvalue weighted by molar-refractivity contribution is -0.117. The van der Waals surface area contributed by atoms with Crippen molar-refractivity contribution < 1.29 is 23.8 Å². The molecular weight excluding hydrogens is 348 g/mol. The fourth-order valence-electron chi connectivity index (χ4n) is 3.06. The van der Waals surface area contributed by atoms with E-state index >= 15 is 0 Å². The third kappa shape index (κ3) is 3.81. The van der Waals surface area contributed by atoms with E-state index in [4.69, 9.17) is 14.2 Å². The predicted molar refractivity (Wildman–Crippen MR) is 102 cm³/mol. The van der Waals surface area contributed by atoms with Gasteiger partial charge in [-0.25, -0.2) is 0 Å². The van der Waals surface area contributed by atoms with Crippen LogP contribution in [-0.2, 0) is 4.79 Å². The molecule has 2 aromatic carbocycles. The summed E-state index contributed by atoms with van der Waals surface area (Å²) in [5, 5.41) is 2.85. The fourth-order valence-corrected chi connectivity index (χ4v) is 3.06. The van der Waals surface area contributed by atoms with Crippen LogP contribution in [0.4, 0.5) is 11.4 Å². The highest BCUT2D eigenvalue weighted by molar-refractivity contribution is 6.05. The summed E-state index contributed by atoms with van der Waals surface area (Å²) >= 11 is 0. The summed E-state index contributed by atoms with van der Waals surface area (Å²) in [6, 6.07) is 10.2. The first-order valence-corrected chi connectivity index (χ1v) is 8.59. The molecule has 2 amide bonds. The fraction of sp³-hybridized carbons (Fsp3) is 0.300. The van der Waals surface area contributed by atoms with E-state index in [9.17, 15) is 9.59 Å². The second-order valence-corrected chi connectivity index (χ2v) is 6.06. The summed E-state index contributed by atoms with van der Waals surface area (Å²) < 4.78 is 15.8. The van der Waals surface area contributed by atoms with Gasteiger partial charge in [0.25, 0.3) is 5.91 Å². The van der Waals surface area contributed by atoms with Crippen molar-refractivity contribution in [2.45, 2.75) is 12.8 Å². The van der Waals surface area contributed by atoms with E-state index in [2.05, 4.69) is 5.32 Å². The van der Waals surface area contributed by atoms with E-state index in [0.717, 1.165) is 6.42 Å². The van der Waals surface area contributed by atoms with E-state index in [1.807, 2.05) is 0 Å². The van der Waals surface area contributed by atoms with Crippen LogP contribution < -0.4 is 24.4 Å². The van der Waals surface area contributed by atoms with Crippen molar-refractivity contribution in [2.24, 2.45) is 0 Å². The maximum Gasteiger partial charge on any atom is 0.255 e. The van der Waals surface area contributed by atoms with Crippen molar-refractivity contribution in [1.29, 1.82) is 0 Å². The molecule has 0 atom stereocenters. The Morgan fingerprint density at radius 3 is 2.30 bits per heavy atom. The summed E-state index contributed by atoms with van der Waals surface area (Å²) in [5.41, 5.74) is 1.66. The minimum Gasteiger partial charge on any atom is -0.495 e. The van der Waals surface area contributed by atoms with Gasteiger partial charge in [0, 0.05) is 24.2 Å². The number of ether oxygens (including phenoxy) is 3. The highest BCUT2D eigenvalue weighted by Crippen LogP contribution is 2.34. The normalized spacial score (nSPS) is 13.4. The zero-order chi connectivity index (χ0) is 19.4. The first kappa shape index (κ1) is 18.6. The topological polar surface area (TPSA) is 77.1 Å². The first-order chi connectivity index (χ1) is 13.1. The molecule has 1 N–H and O–H groups in total. The Balaban J connectivity index is 1.85. The molecule has 2 aromatic rings. The lowest BCUT2D eigenvalue weighted by atomic mass is 10.1. The van der Waals surface area contributed by atoms with Crippen molar-refractivity contribution in [3.05, 3.63) is 42.0 Å². The molecule has 1 aliphatic heterocycles. The van der Waals surface area contributed by atoms with Gasteiger partial charge in [-0.2, -0.15) is 0 Å². The number of amides is 2. The Kier molecular flexibility index (Phi) is 5.49. The van der Waals surface area contributed by atoms with Crippen molar-refractivity contribution in [3.8, 4) is 17.2 Å². The third-order valence-electron chi connectivity index (χ3n) is 4.45. The number of hydrogen-bond acceptors (Lipinski definition) is 5. The molecule has 0 aromatic heterocycles. The number of carbonyl (C=O) groups is 2. The molecule has 0 unspecified atom stereocenters. The maximum absolute atomic E-state index is 12.6. The highest BCUT2D eigenvalue weighted by atomic mass is 16.5. The smallest absolute Gasteiger partial charge is 0.255 e. The molecule has 7 heteroatoms. The lowest BCUT2D eigenvalue weighted by Crippen LogP contribution is -2.24. The molecule has 0 saturated carbocycles. The monoisotopic (exact) mass is 370 g/mol. The number of nitrogens with one attached hydrogen (secondary N) is 1. The Morgan fingerprint density at radius 1 is 0.963 bits per heavy atom. The van der Waals surface area contributed by atoms with Crippen molar-refractivity contribution in [1.82, 2.24) is 0 Å². The zero-order valence-corrected chi connectivity index (χ0v) is 15.6. The molecule has 142 valence electrons. The van der Waals surface area contributed by atoms with Crippen LogP contribution in [-0.4, -0.2) is 39.7 Å². The quantitative estimate of drug-likeness (QED) is 0.846. The van der Waals surface area contributed by atoms with Gasteiger partial charge in [0.05, 0.1) is 27.0 Å². The van der Waals surface area contributed by atoms with E-state index in [1.165, 1.54) is 14.2 Å². The molecule has 3 rings (SSSR count). The standard InChI is InChI=1S/C20H22N2O5/c1-25-16-9-7-14(12-15(16)22-10-4-5-19(22)23)21-20(24)13-6-8-17(26-2)18(11-13)27-3/h6-9,11-12H,4-5,10H2,1-3H3,(H,21,24). The number of benzene rings is 2. The lowest BCUT2D eigenvalue weighted by Gasteiger charge is -2.20. The van der Waals surface area contributed by atoms with Crippen LogP contribution in [0, 0.1) is 0 Å². The van der Waals surface area contributed by atoms with E-state index in [0.29, 0.717) is 47.2 Å². The molecule has 0 bridgehead atoms.